The van der Waals surface area contributed by atoms with E-state index in [4.69, 9.17) is 40.6 Å². The first-order valence-corrected chi connectivity index (χ1v) is 7.00. The van der Waals surface area contributed by atoms with Crippen molar-refractivity contribution in [2.24, 2.45) is 5.84 Å². The van der Waals surface area contributed by atoms with E-state index in [2.05, 4.69) is 5.43 Å². The average molecular weight is 334 g/mol. The summed E-state index contributed by atoms with van der Waals surface area (Å²) < 4.78 is 13.8. The minimum Gasteiger partial charge on any atom is -0.271 e. The molecule has 0 aliphatic carbocycles. The van der Waals surface area contributed by atoms with Crippen molar-refractivity contribution >= 4 is 34.8 Å². The highest BCUT2D eigenvalue weighted by atomic mass is 35.5. The minimum atomic E-state index is -0.367. The van der Waals surface area contributed by atoms with Gasteiger partial charge in [0.25, 0.3) is 0 Å². The van der Waals surface area contributed by atoms with Crippen LogP contribution in [0.15, 0.2) is 36.4 Å². The molecule has 1 atom stereocenters. The summed E-state index contributed by atoms with van der Waals surface area (Å²) in [5, 5.41) is 1.30. The van der Waals surface area contributed by atoms with E-state index in [1.165, 1.54) is 12.1 Å². The lowest BCUT2D eigenvalue weighted by Crippen LogP contribution is -2.30. The van der Waals surface area contributed by atoms with Crippen molar-refractivity contribution in [3.63, 3.8) is 0 Å². The maximum atomic E-state index is 13.8. The van der Waals surface area contributed by atoms with Crippen molar-refractivity contribution in [2.75, 3.05) is 0 Å². The molecule has 2 aromatic rings. The maximum Gasteiger partial charge on any atom is 0.126 e. The molecule has 0 aliphatic heterocycles. The zero-order valence-corrected chi connectivity index (χ0v) is 12.6. The monoisotopic (exact) mass is 332 g/mol. The van der Waals surface area contributed by atoms with Gasteiger partial charge in [-0.05, 0) is 41.8 Å². The van der Waals surface area contributed by atoms with Gasteiger partial charge in [0.15, 0.2) is 0 Å². The first kappa shape index (κ1) is 15.5. The van der Waals surface area contributed by atoms with E-state index in [-0.39, 0.29) is 11.9 Å². The summed E-state index contributed by atoms with van der Waals surface area (Å²) in [5.74, 6) is 5.21. The average Bonchev–Trinajstić information content (AvgIpc) is 2.43. The maximum absolute atomic E-state index is 13.8. The molecule has 2 rings (SSSR count). The Balaban J connectivity index is 2.34. The lowest BCUT2D eigenvalue weighted by atomic mass is 9.99. The van der Waals surface area contributed by atoms with Crippen molar-refractivity contribution in [1.29, 1.82) is 0 Å². The Hall–Kier alpha value is -0.840. The molecule has 0 radical (unpaired) electrons. The van der Waals surface area contributed by atoms with E-state index >= 15 is 0 Å². The summed E-state index contributed by atoms with van der Waals surface area (Å²) in [6.07, 6.45) is 0.308. The van der Waals surface area contributed by atoms with Gasteiger partial charge in [-0.1, -0.05) is 46.9 Å². The standard InChI is InChI=1S/C14H12Cl3FN2/c15-9-4-5-12(18)8(6-9)7-13(20-19)10-2-1-3-11(16)14(10)17/h1-6,13,20H,7,19H2. The summed E-state index contributed by atoms with van der Waals surface area (Å²) in [7, 11) is 0. The SMILES string of the molecule is NNC(Cc1cc(Cl)ccc1F)c1cccc(Cl)c1Cl. The van der Waals surface area contributed by atoms with Crippen LogP contribution in [0, 0.1) is 5.82 Å². The predicted octanol–water partition coefficient (Wildman–Crippen LogP) is 4.53. The first-order valence-electron chi connectivity index (χ1n) is 5.87. The molecule has 106 valence electrons. The van der Waals surface area contributed by atoms with Gasteiger partial charge in [0.1, 0.15) is 5.82 Å². The molecule has 0 saturated heterocycles. The Kier molecular flexibility index (Phi) is 5.24. The lowest BCUT2D eigenvalue weighted by Gasteiger charge is -2.18. The summed E-state index contributed by atoms with van der Waals surface area (Å²) in [6, 6.07) is 9.26. The largest absolute Gasteiger partial charge is 0.271 e. The summed E-state index contributed by atoms with van der Waals surface area (Å²) in [6.45, 7) is 0. The molecule has 0 heterocycles. The highest BCUT2D eigenvalue weighted by Gasteiger charge is 2.17. The third-order valence-electron chi connectivity index (χ3n) is 2.99. The van der Waals surface area contributed by atoms with Gasteiger partial charge in [-0.3, -0.25) is 11.3 Å². The molecule has 0 aromatic heterocycles. The Bertz CT molecular complexity index is 619. The Labute approximate surface area is 131 Å². The minimum absolute atomic E-state index is 0.308. The van der Waals surface area contributed by atoms with E-state index in [9.17, 15) is 4.39 Å². The number of hydrogen-bond donors (Lipinski definition) is 2. The Morgan fingerprint density at radius 1 is 1.15 bits per heavy atom. The van der Waals surface area contributed by atoms with Crippen LogP contribution >= 0.6 is 34.8 Å². The molecule has 1 unspecified atom stereocenters. The quantitative estimate of drug-likeness (QED) is 0.637. The number of halogens is 4. The van der Waals surface area contributed by atoms with Crippen molar-refractivity contribution in [1.82, 2.24) is 5.43 Å². The van der Waals surface area contributed by atoms with Crippen molar-refractivity contribution < 1.29 is 4.39 Å². The van der Waals surface area contributed by atoms with Gasteiger partial charge >= 0.3 is 0 Å². The van der Waals surface area contributed by atoms with E-state index in [0.717, 1.165) is 0 Å². The summed E-state index contributed by atoms with van der Waals surface area (Å²) in [5.41, 5.74) is 3.79. The molecule has 20 heavy (non-hydrogen) atoms. The Morgan fingerprint density at radius 3 is 2.60 bits per heavy atom. The normalized spacial score (nSPS) is 12.4. The number of nitrogens with one attached hydrogen (secondary N) is 1. The Morgan fingerprint density at radius 2 is 1.90 bits per heavy atom. The van der Waals surface area contributed by atoms with Crippen LogP contribution in [0.3, 0.4) is 0 Å². The van der Waals surface area contributed by atoms with Crippen molar-refractivity contribution in [3.05, 3.63) is 68.4 Å². The third-order valence-corrected chi connectivity index (χ3v) is 4.06. The topological polar surface area (TPSA) is 38.0 Å². The zero-order valence-electron chi connectivity index (χ0n) is 10.3. The van der Waals surface area contributed by atoms with E-state index in [0.29, 0.717) is 32.6 Å². The highest BCUT2D eigenvalue weighted by Crippen LogP contribution is 2.31. The smallest absolute Gasteiger partial charge is 0.126 e. The van der Waals surface area contributed by atoms with Crippen LogP contribution in [-0.4, -0.2) is 0 Å². The van der Waals surface area contributed by atoms with E-state index in [1.807, 2.05) is 0 Å². The fourth-order valence-corrected chi connectivity index (χ4v) is 2.60. The summed E-state index contributed by atoms with van der Waals surface area (Å²) in [4.78, 5) is 0. The molecular weight excluding hydrogens is 322 g/mol. The van der Waals surface area contributed by atoms with Gasteiger partial charge < -0.3 is 0 Å². The number of nitrogens with two attached hydrogens (primary N) is 1. The van der Waals surface area contributed by atoms with Gasteiger partial charge in [0.2, 0.25) is 0 Å². The number of rotatable bonds is 4. The van der Waals surface area contributed by atoms with Crippen LogP contribution in [-0.2, 0) is 6.42 Å². The molecular formula is C14H12Cl3FN2. The van der Waals surface area contributed by atoms with Crippen LogP contribution in [0.5, 0.6) is 0 Å². The van der Waals surface area contributed by atoms with Crippen LogP contribution in [0.2, 0.25) is 15.1 Å². The van der Waals surface area contributed by atoms with E-state index in [1.54, 1.807) is 24.3 Å². The second-order valence-corrected chi connectivity index (χ2v) is 5.52. The van der Waals surface area contributed by atoms with Crippen LogP contribution in [0.1, 0.15) is 17.2 Å². The van der Waals surface area contributed by atoms with Gasteiger partial charge in [-0.15, -0.1) is 0 Å². The molecule has 3 N–H and O–H groups in total. The molecule has 0 spiro atoms. The molecule has 2 nitrogen and oxygen atoms in total. The molecule has 0 amide bonds. The van der Waals surface area contributed by atoms with Gasteiger partial charge in [0.05, 0.1) is 16.1 Å². The molecule has 0 saturated carbocycles. The first-order chi connectivity index (χ1) is 9.52. The molecule has 6 heteroatoms. The molecule has 0 aliphatic rings. The van der Waals surface area contributed by atoms with Crippen LogP contribution in [0.4, 0.5) is 4.39 Å². The van der Waals surface area contributed by atoms with Gasteiger partial charge in [0, 0.05) is 5.02 Å². The summed E-state index contributed by atoms with van der Waals surface area (Å²) >= 11 is 18.0. The lowest BCUT2D eigenvalue weighted by molar-refractivity contribution is 0.529. The number of benzene rings is 2. The molecule has 2 aromatic carbocycles. The molecule has 0 fully saturated rings. The second-order valence-electron chi connectivity index (χ2n) is 4.30. The van der Waals surface area contributed by atoms with Crippen LogP contribution in [0.25, 0.3) is 0 Å². The number of hydrogen-bond acceptors (Lipinski definition) is 2. The predicted molar refractivity (Wildman–Crippen MR) is 81.6 cm³/mol. The van der Waals surface area contributed by atoms with Gasteiger partial charge in [-0.2, -0.15) is 0 Å². The van der Waals surface area contributed by atoms with Crippen molar-refractivity contribution in [2.45, 2.75) is 12.5 Å². The molecule has 0 bridgehead atoms. The van der Waals surface area contributed by atoms with Crippen molar-refractivity contribution in [3.8, 4) is 0 Å². The van der Waals surface area contributed by atoms with E-state index < -0.39 is 0 Å². The highest BCUT2D eigenvalue weighted by molar-refractivity contribution is 6.42. The fraction of sp³-hybridized carbons (Fsp3) is 0.143. The van der Waals surface area contributed by atoms with Gasteiger partial charge in [-0.25, -0.2) is 4.39 Å². The number of hydrazine groups is 1. The van der Waals surface area contributed by atoms with Crippen LogP contribution < -0.4 is 11.3 Å². The third kappa shape index (κ3) is 3.43. The second kappa shape index (κ2) is 6.74. The zero-order chi connectivity index (χ0) is 14.7. The fourth-order valence-electron chi connectivity index (χ4n) is 1.97.